The Morgan fingerprint density at radius 1 is 1.29 bits per heavy atom. The molecule has 0 bridgehead atoms. The number of furan rings is 1. The summed E-state index contributed by atoms with van der Waals surface area (Å²) in [6.45, 7) is 2.98. The molecule has 21 heavy (non-hydrogen) atoms. The highest BCUT2D eigenvalue weighted by molar-refractivity contribution is 14.1. The van der Waals surface area contributed by atoms with Crippen LogP contribution >= 0.6 is 22.6 Å². The zero-order valence-corrected chi connectivity index (χ0v) is 14.2. The van der Waals surface area contributed by atoms with Gasteiger partial charge in [-0.15, -0.1) is 0 Å². The molecule has 0 amide bonds. The molecule has 1 aromatic carbocycles. The zero-order chi connectivity index (χ0) is 15.2. The van der Waals surface area contributed by atoms with Gasteiger partial charge in [0.1, 0.15) is 5.76 Å². The number of carbonyl (C=O) groups excluding carboxylic acids is 1. The highest BCUT2D eigenvalue weighted by Gasteiger charge is 2.19. The first-order valence-corrected chi connectivity index (χ1v) is 7.90. The topological polar surface area (TPSA) is 51.5 Å². The van der Waals surface area contributed by atoms with Crippen molar-refractivity contribution in [3.8, 4) is 0 Å². The molecule has 0 aliphatic heterocycles. The molecule has 112 valence electrons. The van der Waals surface area contributed by atoms with Crippen molar-refractivity contribution in [1.82, 2.24) is 5.32 Å². The minimum Gasteiger partial charge on any atom is -0.463 e. The first-order valence-electron chi connectivity index (χ1n) is 6.82. The van der Waals surface area contributed by atoms with Crippen LogP contribution in [0.1, 0.15) is 41.3 Å². The third kappa shape index (κ3) is 4.07. The molecule has 1 aromatic heterocycles. The van der Waals surface area contributed by atoms with Gasteiger partial charge in [0.15, 0.2) is 0 Å². The Bertz CT molecular complexity index is 592. The van der Waals surface area contributed by atoms with E-state index < -0.39 is 5.97 Å². The van der Waals surface area contributed by atoms with Gasteiger partial charge in [0, 0.05) is 3.57 Å². The van der Waals surface area contributed by atoms with Crippen LogP contribution in [0, 0.1) is 3.57 Å². The van der Waals surface area contributed by atoms with E-state index in [4.69, 9.17) is 4.42 Å². The van der Waals surface area contributed by atoms with Gasteiger partial charge in [-0.2, -0.15) is 0 Å². The number of benzene rings is 1. The first-order chi connectivity index (χ1) is 10.2. The van der Waals surface area contributed by atoms with E-state index in [9.17, 15) is 4.79 Å². The number of rotatable bonds is 6. The lowest BCUT2D eigenvalue weighted by Crippen LogP contribution is -2.22. The lowest BCUT2D eigenvalue weighted by molar-refractivity contribution is 0.0562. The molecule has 5 heteroatoms. The Morgan fingerprint density at radius 3 is 2.62 bits per heavy atom. The minimum absolute atomic E-state index is 0.0691. The number of hydrogen-bond acceptors (Lipinski definition) is 4. The summed E-state index contributed by atoms with van der Waals surface area (Å²) < 4.78 is 11.5. The van der Waals surface area contributed by atoms with Crippen molar-refractivity contribution >= 4 is 28.6 Å². The highest BCUT2D eigenvalue weighted by atomic mass is 127. The van der Waals surface area contributed by atoms with Crippen LogP contribution in [0.15, 0.2) is 40.8 Å². The van der Waals surface area contributed by atoms with Gasteiger partial charge < -0.3 is 14.5 Å². The third-order valence-corrected chi connectivity index (χ3v) is 3.82. The van der Waals surface area contributed by atoms with Gasteiger partial charge in [-0.05, 0) is 65.4 Å². The molecule has 2 rings (SSSR count). The van der Waals surface area contributed by atoms with Crippen LogP contribution in [-0.2, 0) is 4.74 Å². The number of nitrogens with one attached hydrogen (secondary N) is 1. The Morgan fingerprint density at radius 2 is 2.00 bits per heavy atom. The second kappa shape index (κ2) is 7.61. The van der Waals surface area contributed by atoms with E-state index in [2.05, 4.69) is 63.8 Å². The molecule has 1 unspecified atom stereocenters. The number of hydrogen-bond donors (Lipinski definition) is 1. The van der Waals surface area contributed by atoms with Gasteiger partial charge in [-0.3, -0.25) is 0 Å². The standard InChI is InChI=1S/C16H18INO3/c1-3-10-18-15(11-4-6-12(17)7-5-11)13-8-9-14(21-13)16(19)20-2/h4-9,15,18H,3,10H2,1-2H3. The van der Waals surface area contributed by atoms with E-state index >= 15 is 0 Å². The van der Waals surface area contributed by atoms with Crippen LogP contribution in [0.25, 0.3) is 0 Å². The van der Waals surface area contributed by atoms with Crippen molar-refractivity contribution in [1.29, 1.82) is 0 Å². The van der Waals surface area contributed by atoms with Crippen LogP contribution in [0.2, 0.25) is 0 Å². The lowest BCUT2D eigenvalue weighted by Gasteiger charge is -2.17. The molecule has 2 aromatic rings. The molecular weight excluding hydrogens is 381 g/mol. The summed E-state index contributed by atoms with van der Waals surface area (Å²) in [5, 5.41) is 3.44. The molecule has 4 nitrogen and oxygen atoms in total. The van der Waals surface area contributed by atoms with E-state index in [0.29, 0.717) is 5.76 Å². The number of ether oxygens (including phenoxy) is 1. The van der Waals surface area contributed by atoms with Crippen molar-refractivity contribution in [3.05, 3.63) is 57.1 Å². The Kier molecular flexibility index (Phi) is 5.81. The second-order valence-corrected chi connectivity index (χ2v) is 5.88. The molecule has 0 radical (unpaired) electrons. The lowest BCUT2D eigenvalue weighted by atomic mass is 10.0. The van der Waals surface area contributed by atoms with E-state index in [1.807, 2.05) is 6.07 Å². The fraction of sp³-hybridized carbons (Fsp3) is 0.312. The quantitative estimate of drug-likeness (QED) is 0.594. The fourth-order valence-corrected chi connectivity index (χ4v) is 2.40. The number of halogens is 1. The van der Waals surface area contributed by atoms with Gasteiger partial charge in [-0.25, -0.2) is 4.79 Å². The van der Waals surface area contributed by atoms with Gasteiger partial charge >= 0.3 is 5.97 Å². The molecule has 0 saturated carbocycles. The molecule has 0 saturated heterocycles. The van der Waals surface area contributed by atoms with Crippen molar-refractivity contribution in [3.63, 3.8) is 0 Å². The molecular formula is C16H18INO3. The van der Waals surface area contributed by atoms with E-state index in [1.54, 1.807) is 6.07 Å². The normalized spacial score (nSPS) is 12.1. The van der Waals surface area contributed by atoms with Crippen molar-refractivity contribution in [2.75, 3.05) is 13.7 Å². The predicted octanol–water partition coefficient (Wildman–Crippen LogP) is 3.76. The summed E-state index contributed by atoms with van der Waals surface area (Å²) in [6.07, 6.45) is 1.02. The van der Waals surface area contributed by atoms with Crippen LogP contribution in [-0.4, -0.2) is 19.6 Å². The van der Waals surface area contributed by atoms with Crippen LogP contribution in [0.5, 0.6) is 0 Å². The summed E-state index contributed by atoms with van der Waals surface area (Å²) in [7, 11) is 1.34. The summed E-state index contributed by atoms with van der Waals surface area (Å²) in [4.78, 5) is 11.5. The van der Waals surface area contributed by atoms with Crippen LogP contribution in [0.3, 0.4) is 0 Å². The first kappa shape index (κ1) is 16.0. The van der Waals surface area contributed by atoms with Crippen molar-refractivity contribution in [2.45, 2.75) is 19.4 Å². The maximum Gasteiger partial charge on any atom is 0.373 e. The molecule has 1 atom stereocenters. The molecule has 0 spiro atoms. The van der Waals surface area contributed by atoms with Crippen molar-refractivity contribution < 1.29 is 13.9 Å². The second-order valence-electron chi connectivity index (χ2n) is 4.63. The highest BCUT2D eigenvalue weighted by Crippen LogP contribution is 2.25. The average molecular weight is 399 g/mol. The van der Waals surface area contributed by atoms with Crippen molar-refractivity contribution in [2.24, 2.45) is 0 Å². The van der Waals surface area contributed by atoms with E-state index in [1.165, 1.54) is 10.7 Å². The Labute approximate surface area is 138 Å². The van der Waals surface area contributed by atoms with Gasteiger partial charge in [0.2, 0.25) is 5.76 Å². The number of esters is 1. The number of methoxy groups -OCH3 is 1. The minimum atomic E-state index is -0.460. The predicted molar refractivity (Wildman–Crippen MR) is 89.3 cm³/mol. The fourth-order valence-electron chi connectivity index (χ4n) is 2.04. The maximum absolute atomic E-state index is 11.5. The molecule has 0 aliphatic carbocycles. The van der Waals surface area contributed by atoms with Gasteiger partial charge in [0.25, 0.3) is 0 Å². The summed E-state index contributed by atoms with van der Waals surface area (Å²) in [6, 6.07) is 11.6. The molecule has 0 fully saturated rings. The SMILES string of the molecule is CCCNC(c1ccc(I)cc1)c1ccc(C(=O)OC)o1. The maximum atomic E-state index is 11.5. The van der Waals surface area contributed by atoms with Crippen LogP contribution in [0.4, 0.5) is 0 Å². The summed E-state index contributed by atoms with van der Waals surface area (Å²) in [5.41, 5.74) is 1.11. The Balaban J connectivity index is 2.29. The number of carbonyl (C=O) groups is 1. The Hall–Kier alpha value is -1.34. The third-order valence-electron chi connectivity index (χ3n) is 3.10. The van der Waals surface area contributed by atoms with Gasteiger partial charge in [0.05, 0.1) is 13.2 Å². The van der Waals surface area contributed by atoms with Gasteiger partial charge in [-0.1, -0.05) is 19.1 Å². The average Bonchev–Trinajstić information content (AvgIpc) is 2.98. The smallest absolute Gasteiger partial charge is 0.373 e. The largest absolute Gasteiger partial charge is 0.463 e. The monoisotopic (exact) mass is 399 g/mol. The molecule has 0 aliphatic rings. The molecule has 1 heterocycles. The molecule has 1 N–H and O–H groups in total. The van der Waals surface area contributed by atoms with Crippen LogP contribution < -0.4 is 5.32 Å². The zero-order valence-electron chi connectivity index (χ0n) is 12.1. The summed E-state index contributed by atoms with van der Waals surface area (Å²) in [5.74, 6) is 0.476. The van der Waals surface area contributed by atoms with E-state index in [0.717, 1.165) is 18.5 Å². The van der Waals surface area contributed by atoms with E-state index in [-0.39, 0.29) is 11.8 Å². The summed E-state index contributed by atoms with van der Waals surface area (Å²) >= 11 is 2.28.